The van der Waals surface area contributed by atoms with Crippen molar-refractivity contribution in [2.45, 2.75) is 115 Å². The Morgan fingerprint density at radius 2 is 1.64 bits per heavy atom. The van der Waals surface area contributed by atoms with Crippen LogP contribution >= 0.6 is 11.8 Å². The Morgan fingerprint density at radius 1 is 0.970 bits per heavy atom. The molecule has 4 fully saturated rings. The molecular formula is C27H50N4OS. The summed E-state index contributed by atoms with van der Waals surface area (Å²) in [4.78, 5) is 7.88. The van der Waals surface area contributed by atoms with Gasteiger partial charge in [0.2, 0.25) is 0 Å². The minimum Gasteiger partial charge on any atom is -0.366 e. The summed E-state index contributed by atoms with van der Waals surface area (Å²) in [6, 6.07) is 1.52. The number of nitrogens with one attached hydrogen (secondary N) is 1. The molecule has 4 rings (SSSR count). The lowest BCUT2D eigenvalue weighted by Crippen LogP contribution is -2.43. The number of rotatable bonds is 11. The average Bonchev–Trinajstić information content (AvgIpc) is 3.17. The van der Waals surface area contributed by atoms with E-state index in [1.807, 2.05) is 0 Å². The van der Waals surface area contributed by atoms with Gasteiger partial charge < -0.3 is 14.5 Å². The number of nitrogens with zero attached hydrogens (tertiary/aromatic N) is 3. The van der Waals surface area contributed by atoms with Crippen molar-refractivity contribution in [3.05, 3.63) is 10.6 Å². The van der Waals surface area contributed by atoms with E-state index in [1.165, 1.54) is 101 Å². The molecule has 33 heavy (non-hydrogen) atoms. The zero-order chi connectivity index (χ0) is 23.4. The van der Waals surface area contributed by atoms with Gasteiger partial charge in [-0.25, -0.2) is 0 Å². The molecule has 1 aliphatic carbocycles. The molecule has 4 unspecified atom stereocenters. The van der Waals surface area contributed by atoms with Gasteiger partial charge in [0.05, 0.1) is 10.4 Å². The third kappa shape index (κ3) is 7.13. The van der Waals surface area contributed by atoms with Gasteiger partial charge in [0, 0.05) is 25.2 Å². The molecule has 6 heteroatoms. The molecule has 3 heterocycles. The second kappa shape index (κ2) is 12.1. The van der Waals surface area contributed by atoms with Crippen LogP contribution in [0.15, 0.2) is 10.6 Å². The van der Waals surface area contributed by atoms with Crippen molar-refractivity contribution in [2.75, 3.05) is 40.3 Å². The molecule has 0 aromatic rings. The number of piperidine rings is 1. The number of thioether (sulfide) groups is 1. The van der Waals surface area contributed by atoms with E-state index in [9.17, 15) is 0 Å². The Morgan fingerprint density at radius 3 is 2.24 bits per heavy atom. The first-order valence-electron chi connectivity index (χ1n) is 13.8. The van der Waals surface area contributed by atoms with Crippen molar-refractivity contribution >= 4 is 11.8 Å². The van der Waals surface area contributed by atoms with Crippen LogP contribution in [0, 0.1) is 5.92 Å². The summed E-state index contributed by atoms with van der Waals surface area (Å²) in [5.74, 6) is 0.623. The van der Waals surface area contributed by atoms with Crippen molar-refractivity contribution in [3.8, 4) is 0 Å². The van der Waals surface area contributed by atoms with Gasteiger partial charge in [0.1, 0.15) is 12.3 Å². The third-order valence-corrected chi connectivity index (χ3v) is 10.2. The minimum atomic E-state index is 0.318. The highest BCUT2D eigenvalue weighted by Gasteiger charge is 2.44. The van der Waals surface area contributed by atoms with Crippen molar-refractivity contribution < 1.29 is 4.74 Å². The number of hydrogen-bond acceptors (Lipinski definition) is 6. The fraction of sp³-hybridized carbons (Fsp3) is 0.926. The third-order valence-electron chi connectivity index (χ3n) is 8.37. The summed E-state index contributed by atoms with van der Waals surface area (Å²) in [7, 11) is 4.51. The van der Waals surface area contributed by atoms with Crippen LogP contribution in [0.25, 0.3) is 0 Å². The lowest BCUT2D eigenvalue weighted by molar-refractivity contribution is 0.151. The second-order valence-corrected chi connectivity index (χ2v) is 12.7. The fourth-order valence-corrected chi connectivity index (χ4v) is 7.48. The summed E-state index contributed by atoms with van der Waals surface area (Å²) >= 11 is 2.11. The summed E-state index contributed by atoms with van der Waals surface area (Å²) < 4.78 is 6.05. The second-order valence-electron chi connectivity index (χ2n) is 11.5. The fourth-order valence-electron chi connectivity index (χ4n) is 6.19. The number of ether oxygens (including phenoxy) is 1. The molecule has 0 spiro atoms. The highest BCUT2D eigenvalue weighted by atomic mass is 32.2. The molecule has 5 nitrogen and oxygen atoms in total. The highest BCUT2D eigenvalue weighted by Crippen LogP contribution is 2.37. The van der Waals surface area contributed by atoms with Crippen LogP contribution in [-0.2, 0) is 4.74 Å². The zero-order valence-electron chi connectivity index (χ0n) is 22.0. The normalized spacial score (nSPS) is 29.1. The van der Waals surface area contributed by atoms with Gasteiger partial charge in [0.15, 0.2) is 0 Å². The molecule has 3 saturated heterocycles. The zero-order valence-corrected chi connectivity index (χ0v) is 22.8. The van der Waals surface area contributed by atoms with Gasteiger partial charge in [-0.3, -0.25) is 10.2 Å². The maximum Gasteiger partial charge on any atom is 0.135 e. The Balaban J connectivity index is 1.24. The van der Waals surface area contributed by atoms with Gasteiger partial charge in [-0.05, 0) is 104 Å². The monoisotopic (exact) mass is 478 g/mol. The van der Waals surface area contributed by atoms with Crippen LogP contribution in [0.1, 0.15) is 85.0 Å². The maximum absolute atomic E-state index is 6.05. The number of hydrogen-bond donors (Lipinski definition) is 1. The van der Waals surface area contributed by atoms with Crippen LogP contribution in [0.3, 0.4) is 0 Å². The minimum absolute atomic E-state index is 0.318. The smallest absolute Gasteiger partial charge is 0.135 e. The number of likely N-dealkylation sites (tertiary alicyclic amines) is 2. The van der Waals surface area contributed by atoms with E-state index in [-0.39, 0.29) is 0 Å². The van der Waals surface area contributed by atoms with Crippen LogP contribution in [-0.4, -0.2) is 84.8 Å². The van der Waals surface area contributed by atoms with E-state index >= 15 is 0 Å². The molecule has 4 atom stereocenters. The van der Waals surface area contributed by atoms with E-state index in [0.29, 0.717) is 29.7 Å². The summed E-state index contributed by atoms with van der Waals surface area (Å²) in [5.41, 5.74) is 1.48. The molecule has 0 amide bonds. The SMILES string of the molecule is CC(C)=C(SC(CCC(C)C1OC1NC1CCCC1)N(C)C)N1CCC(N2CCCC2)CC1. The highest BCUT2D eigenvalue weighted by molar-refractivity contribution is 8.03. The van der Waals surface area contributed by atoms with E-state index < -0.39 is 0 Å². The molecular weight excluding hydrogens is 428 g/mol. The molecule has 0 radical (unpaired) electrons. The molecule has 1 saturated carbocycles. The molecule has 3 aliphatic heterocycles. The lowest BCUT2D eigenvalue weighted by Gasteiger charge is -2.40. The van der Waals surface area contributed by atoms with Crippen LogP contribution in [0.4, 0.5) is 0 Å². The Bertz CT molecular complexity index is 632. The van der Waals surface area contributed by atoms with Crippen molar-refractivity contribution in [2.24, 2.45) is 5.92 Å². The molecule has 4 aliphatic rings. The van der Waals surface area contributed by atoms with Crippen LogP contribution in [0.2, 0.25) is 0 Å². The molecule has 0 aromatic carbocycles. The number of allylic oxidation sites excluding steroid dienone is 1. The predicted molar refractivity (Wildman–Crippen MR) is 141 cm³/mol. The summed E-state index contributed by atoms with van der Waals surface area (Å²) in [5, 5.41) is 5.81. The predicted octanol–water partition coefficient (Wildman–Crippen LogP) is 5.09. The van der Waals surface area contributed by atoms with E-state index in [0.717, 1.165) is 6.04 Å². The quantitative estimate of drug-likeness (QED) is 0.329. The number of epoxide rings is 1. The lowest BCUT2D eigenvalue weighted by atomic mass is 10.0. The van der Waals surface area contributed by atoms with Crippen molar-refractivity contribution in [3.63, 3.8) is 0 Å². The van der Waals surface area contributed by atoms with Crippen molar-refractivity contribution in [1.82, 2.24) is 20.0 Å². The molecule has 1 N–H and O–H groups in total. The van der Waals surface area contributed by atoms with Crippen molar-refractivity contribution in [1.29, 1.82) is 0 Å². The first-order valence-corrected chi connectivity index (χ1v) is 14.7. The van der Waals surface area contributed by atoms with Crippen LogP contribution in [0.5, 0.6) is 0 Å². The van der Waals surface area contributed by atoms with E-state index in [2.05, 4.69) is 66.6 Å². The topological polar surface area (TPSA) is 34.3 Å². The summed E-state index contributed by atoms with van der Waals surface area (Å²) in [6.45, 7) is 12.1. The Labute approximate surface area is 208 Å². The maximum atomic E-state index is 6.05. The van der Waals surface area contributed by atoms with Gasteiger partial charge in [-0.2, -0.15) is 0 Å². The van der Waals surface area contributed by atoms with E-state index in [4.69, 9.17) is 4.74 Å². The first-order chi connectivity index (χ1) is 15.9. The molecule has 0 bridgehead atoms. The Kier molecular flexibility index (Phi) is 9.48. The van der Waals surface area contributed by atoms with Crippen LogP contribution < -0.4 is 5.32 Å². The summed E-state index contributed by atoms with van der Waals surface area (Å²) in [6.07, 6.45) is 14.1. The largest absolute Gasteiger partial charge is 0.366 e. The van der Waals surface area contributed by atoms with Gasteiger partial charge in [-0.1, -0.05) is 31.5 Å². The van der Waals surface area contributed by atoms with E-state index in [1.54, 1.807) is 0 Å². The standard InChI is InChI=1S/C27H50N4OS/c1-20(2)27(31-18-14-23(15-19-31)30-16-8-9-17-30)33-24(29(4)5)13-12-21(3)25-26(32-25)28-22-10-6-7-11-22/h21-26,28H,6-19H2,1-5H3. The first kappa shape index (κ1) is 25.8. The molecule has 0 aromatic heterocycles. The van der Waals surface area contributed by atoms with Gasteiger partial charge in [-0.15, -0.1) is 0 Å². The molecule has 190 valence electrons. The van der Waals surface area contributed by atoms with Gasteiger partial charge in [0.25, 0.3) is 0 Å². The average molecular weight is 479 g/mol. The Hall–Kier alpha value is -0.270. The van der Waals surface area contributed by atoms with Gasteiger partial charge >= 0.3 is 0 Å².